The van der Waals surface area contributed by atoms with Gasteiger partial charge in [-0.05, 0) is 49.4 Å². The quantitative estimate of drug-likeness (QED) is 0.0222. The highest BCUT2D eigenvalue weighted by atomic mass is 31.2. The summed E-state index contributed by atoms with van der Waals surface area (Å²) in [6, 6.07) is 0. The number of esters is 4. The van der Waals surface area contributed by atoms with Crippen molar-refractivity contribution in [3.05, 3.63) is 0 Å². The summed E-state index contributed by atoms with van der Waals surface area (Å²) in [6.45, 7) is 14.3. The first kappa shape index (κ1) is 96.1. The topological polar surface area (TPSA) is 237 Å². The molecule has 0 aromatic heterocycles. The molecule has 0 rings (SSSR count). The second-order valence-corrected chi connectivity index (χ2v) is 32.6. The Morgan fingerprint density at radius 2 is 0.490 bits per heavy atom. The smallest absolute Gasteiger partial charge is 0.462 e. The summed E-state index contributed by atoms with van der Waals surface area (Å²) in [4.78, 5) is 73.0. The first-order valence-electron chi connectivity index (χ1n) is 40.8. The minimum atomic E-state index is -4.96. The lowest BCUT2D eigenvalue weighted by molar-refractivity contribution is -0.161. The number of carbonyl (C=O) groups excluding carboxylic acids is 4. The van der Waals surface area contributed by atoms with Crippen LogP contribution in [0, 0.1) is 23.7 Å². The summed E-state index contributed by atoms with van der Waals surface area (Å²) >= 11 is 0. The number of hydrogen-bond donors (Lipinski definition) is 3. The Kier molecular flexibility index (Phi) is 66.8. The summed E-state index contributed by atoms with van der Waals surface area (Å²) in [6.07, 6.45) is 53.9. The number of rotatable bonds is 76. The molecule has 0 bridgehead atoms. The lowest BCUT2D eigenvalue weighted by atomic mass is 9.99. The Morgan fingerprint density at radius 1 is 0.286 bits per heavy atom. The highest BCUT2D eigenvalue weighted by Gasteiger charge is 2.30. The fraction of sp³-hybridized carbons (Fsp3) is 0.949. The number of ether oxygens (including phenoxy) is 4. The zero-order chi connectivity index (χ0) is 72.4. The van der Waals surface area contributed by atoms with E-state index in [9.17, 15) is 43.2 Å². The molecule has 0 fully saturated rings. The van der Waals surface area contributed by atoms with Crippen molar-refractivity contribution in [1.29, 1.82) is 0 Å². The van der Waals surface area contributed by atoms with Crippen molar-refractivity contribution >= 4 is 39.5 Å². The van der Waals surface area contributed by atoms with Gasteiger partial charge in [0.25, 0.3) is 0 Å². The fourth-order valence-electron chi connectivity index (χ4n) is 12.0. The molecule has 0 saturated heterocycles. The van der Waals surface area contributed by atoms with Gasteiger partial charge in [-0.25, -0.2) is 9.13 Å². The number of aliphatic hydroxyl groups excluding tert-OH is 1. The van der Waals surface area contributed by atoms with E-state index in [0.717, 1.165) is 120 Å². The average Bonchev–Trinajstić information content (AvgIpc) is 0.979. The predicted molar refractivity (Wildman–Crippen MR) is 400 cm³/mol. The fourth-order valence-corrected chi connectivity index (χ4v) is 13.6. The number of hydrogen-bond acceptors (Lipinski definition) is 15. The predicted octanol–water partition coefficient (Wildman–Crippen LogP) is 23.2. The molecular formula is C79H154O17P2. The van der Waals surface area contributed by atoms with Gasteiger partial charge in [0.05, 0.1) is 26.4 Å². The zero-order valence-corrected chi connectivity index (χ0v) is 66.2. The van der Waals surface area contributed by atoms with E-state index in [-0.39, 0.29) is 25.7 Å². The van der Waals surface area contributed by atoms with Gasteiger partial charge in [-0.1, -0.05) is 351 Å². The molecule has 0 radical (unpaired) electrons. The van der Waals surface area contributed by atoms with Crippen molar-refractivity contribution in [2.24, 2.45) is 23.7 Å². The molecule has 0 amide bonds. The van der Waals surface area contributed by atoms with Gasteiger partial charge < -0.3 is 33.8 Å². The summed E-state index contributed by atoms with van der Waals surface area (Å²) < 4.78 is 68.7. The molecule has 0 aliphatic rings. The number of phosphoric ester groups is 2. The van der Waals surface area contributed by atoms with Crippen LogP contribution in [0.15, 0.2) is 0 Å². The van der Waals surface area contributed by atoms with E-state index in [1.807, 2.05) is 0 Å². The van der Waals surface area contributed by atoms with Crippen molar-refractivity contribution in [3.8, 4) is 0 Å². The molecule has 0 heterocycles. The third-order valence-corrected chi connectivity index (χ3v) is 21.3. The molecular weight excluding hydrogens is 1280 g/mol. The first-order chi connectivity index (χ1) is 47.2. The van der Waals surface area contributed by atoms with Crippen molar-refractivity contribution in [2.45, 2.75) is 420 Å². The lowest BCUT2D eigenvalue weighted by Gasteiger charge is -2.21. The Balaban J connectivity index is 5.26. The van der Waals surface area contributed by atoms with E-state index >= 15 is 0 Å². The van der Waals surface area contributed by atoms with Gasteiger partial charge in [0.15, 0.2) is 12.2 Å². The molecule has 0 aromatic rings. The Morgan fingerprint density at radius 3 is 0.724 bits per heavy atom. The summed E-state index contributed by atoms with van der Waals surface area (Å²) in [5, 5.41) is 10.6. The number of aliphatic hydroxyl groups is 1. The molecule has 5 unspecified atom stereocenters. The highest BCUT2D eigenvalue weighted by molar-refractivity contribution is 7.47. The zero-order valence-electron chi connectivity index (χ0n) is 64.4. The van der Waals surface area contributed by atoms with Crippen molar-refractivity contribution in [1.82, 2.24) is 0 Å². The van der Waals surface area contributed by atoms with Crippen LogP contribution >= 0.6 is 15.6 Å². The van der Waals surface area contributed by atoms with Gasteiger partial charge in [-0.15, -0.1) is 0 Å². The number of phosphoric acid groups is 2. The minimum Gasteiger partial charge on any atom is -0.462 e. The van der Waals surface area contributed by atoms with Crippen molar-refractivity contribution < 1.29 is 80.2 Å². The second-order valence-electron chi connectivity index (χ2n) is 29.7. The third kappa shape index (κ3) is 68.5. The second kappa shape index (κ2) is 68.2. The maximum atomic E-state index is 13.1. The lowest BCUT2D eigenvalue weighted by Crippen LogP contribution is -2.30. The van der Waals surface area contributed by atoms with Crippen LogP contribution in [-0.2, 0) is 65.4 Å². The first-order valence-corrected chi connectivity index (χ1v) is 43.8. The maximum Gasteiger partial charge on any atom is 0.472 e. The molecule has 0 spiro atoms. The number of carbonyl (C=O) groups is 4. The molecule has 98 heavy (non-hydrogen) atoms. The summed E-state index contributed by atoms with van der Waals surface area (Å²) in [7, 11) is -9.92. The average molecular weight is 1440 g/mol. The van der Waals surface area contributed by atoms with Crippen molar-refractivity contribution in [3.63, 3.8) is 0 Å². The van der Waals surface area contributed by atoms with E-state index < -0.39 is 97.5 Å². The van der Waals surface area contributed by atoms with Gasteiger partial charge in [0.2, 0.25) is 0 Å². The largest absolute Gasteiger partial charge is 0.472 e. The normalized spacial score (nSPS) is 14.9. The van der Waals surface area contributed by atoms with Crippen LogP contribution in [0.4, 0.5) is 0 Å². The van der Waals surface area contributed by atoms with E-state index in [4.69, 9.17) is 37.0 Å². The molecule has 0 aliphatic carbocycles. The Bertz CT molecular complexity index is 1930. The van der Waals surface area contributed by atoms with E-state index in [2.05, 4.69) is 55.4 Å². The van der Waals surface area contributed by atoms with Gasteiger partial charge in [0.1, 0.15) is 19.3 Å². The van der Waals surface area contributed by atoms with Crippen LogP contribution in [-0.4, -0.2) is 96.7 Å². The maximum absolute atomic E-state index is 13.1. The van der Waals surface area contributed by atoms with Gasteiger partial charge in [0, 0.05) is 25.7 Å². The molecule has 19 heteroatoms. The molecule has 17 nitrogen and oxygen atoms in total. The van der Waals surface area contributed by atoms with Crippen LogP contribution < -0.4 is 0 Å². The van der Waals surface area contributed by atoms with Crippen LogP contribution in [0.2, 0.25) is 0 Å². The third-order valence-electron chi connectivity index (χ3n) is 19.4. The van der Waals surface area contributed by atoms with Gasteiger partial charge >= 0.3 is 39.5 Å². The molecule has 3 N–H and O–H groups in total. The van der Waals surface area contributed by atoms with Crippen molar-refractivity contribution in [2.75, 3.05) is 39.6 Å². The van der Waals surface area contributed by atoms with Gasteiger partial charge in [-0.2, -0.15) is 0 Å². The monoisotopic (exact) mass is 1440 g/mol. The Hall–Kier alpha value is -1.94. The molecule has 0 saturated carbocycles. The molecule has 0 aliphatic heterocycles. The molecule has 582 valence electrons. The number of unbranched alkanes of at least 4 members (excludes halogenated alkanes) is 39. The Labute approximate surface area is 600 Å². The summed E-state index contributed by atoms with van der Waals surface area (Å²) in [5.74, 6) is 1.06. The standard InChI is InChI=1S/C79H154O17P2/c1-9-70(6)56-48-40-32-26-20-16-12-13-17-21-29-35-45-53-61-78(83)95-74(65-89-76(81)59-51-43-34-28-24-23-27-33-41-49-57-71(7)10-2)67-93-97(85,86)91-63-73(80)64-92-98(87,88)94-68-75(66-90-77(82)60-52-44-38-37-42-50-58-72(8)11-3)96-79(84)62-54-46-36-30-22-18-14-15-19-25-31-39-47-55-69(4)5/h69-75,80H,9-68H2,1-8H3,(H,85,86)(H,87,88)/t70?,71?,72?,73-,74-,75-/m1/s1. The SMILES string of the molecule is CCC(C)CCCCCCCCCCCCCCCCC(=O)O[C@H](COC(=O)CCCCCCCCCCCCC(C)CC)COP(=O)(O)OC[C@@H](O)COP(=O)(O)OC[C@@H](COC(=O)CCCCCCCCC(C)CC)OC(=O)CCCCCCCCCCCCCCCC(C)C. The van der Waals surface area contributed by atoms with Crippen LogP contribution in [0.25, 0.3) is 0 Å². The van der Waals surface area contributed by atoms with E-state index in [0.29, 0.717) is 25.7 Å². The van der Waals surface area contributed by atoms with Crippen LogP contribution in [0.1, 0.15) is 402 Å². The molecule has 8 atom stereocenters. The van der Waals surface area contributed by atoms with Crippen LogP contribution in [0.5, 0.6) is 0 Å². The minimum absolute atomic E-state index is 0.106. The van der Waals surface area contributed by atoms with Gasteiger partial charge in [-0.3, -0.25) is 37.3 Å². The van der Waals surface area contributed by atoms with E-state index in [1.165, 1.54) is 199 Å². The van der Waals surface area contributed by atoms with E-state index in [1.54, 1.807) is 0 Å². The highest BCUT2D eigenvalue weighted by Crippen LogP contribution is 2.45. The van der Waals surface area contributed by atoms with Crippen LogP contribution in [0.3, 0.4) is 0 Å². The summed E-state index contributed by atoms with van der Waals surface area (Å²) in [5.41, 5.74) is 0. The molecule has 0 aromatic carbocycles.